The molecule has 0 atom stereocenters. The Balaban J connectivity index is 1.30. The summed E-state index contributed by atoms with van der Waals surface area (Å²) in [7, 11) is 0. The highest BCUT2D eigenvalue weighted by atomic mass is 14.4. The molecule has 0 saturated heterocycles. The summed E-state index contributed by atoms with van der Waals surface area (Å²) >= 11 is 0. The molecule has 202 valence electrons. The summed E-state index contributed by atoms with van der Waals surface area (Å²) in [6.07, 6.45) is 0. The fourth-order valence-corrected chi connectivity index (χ4v) is 7.66. The molecule has 8 aromatic carbocycles. The van der Waals surface area contributed by atoms with Gasteiger partial charge in [0.2, 0.25) is 0 Å². The van der Waals surface area contributed by atoms with Crippen LogP contribution in [0.15, 0.2) is 146 Å². The fourth-order valence-electron chi connectivity index (χ4n) is 7.66. The van der Waals surface area contributed by atoms with Gasteiger partial charge in [-0.1, -0.05) is 135 Å². The Hall–Kier alpha value is -5.20. The normalized spacial score (nSPS) is 13.5. The van der Waals surface area contributed by atoms with Gasteiger partial charge in [-0.25, -0.2) is 0 Å². The summed E-state index contributed by atoms with van der Waals surface area (Å²) in [6, 6.07) is 54.2. The predicted octanol–water partition coefficient (Wildman–Crippen LogP) is 11.9. The van der Waals surface area contributed by atoms with Crippen molar-refractivity contribution in [3.8, 4) is 33.4 Å². The standard InChI is InChI=1S/C43H30/c1-43(2)40-25-31(42-34-17-9-7-14-29(34)23-38-33-16-8-6-13-28(33)19-22-36(38)42)20-21-35(40)39-26-37-30(24-41(39)43)15-10-18-32(37)27-11-4-3-5-12-27/h3-26H,1-2H3. The average Bonchev–Trinajstić information content (AvgIpc) is 3.27. The fraction of sp³-hybridized carbons (Fsp3) is 0.0698. The van der Waals surface area contributed by atoms with Gasteiger partial charge in [-0.3, -0.25) is 0 Å². The van der Waals surface area contributed by atoms with Crippen LogP contribution >= 0.6 is 0 Å². The van der Waals surface area contributed by atoms with Gasteiger partial charge in [0.25, 0.3) is 0 Å². The quantitative estimate of drug-likeness (QED) is 0.149. The van der Waals surface area contributed by atoms with Crippen molar-refractivity contribution in [3.63, 3.8) is 0 Å². The maximum absolute atomic E-state index is 2.48. The summed E-state index contributed by atoms with van der Waals surface area (Å²) in [5, 5.41) is 10.4. The molecular weight excluding hydrogens is 516 g/mol. The lowest BCUT2D eigenvalue weighted by atomic mass is 9.80. The Morgan fingerprint density at radius 3 is 1.91 bits per heavy atom. The number of rotatable bonds is 2. The van der Waals surface area contributed by atoms with E-state index in [-0.39, 0.29) is 5.41 Å². The molecule has 0 nitrogen and oxygen atoms in total. The molecule has 0 unspecified atom stereocenters. The van der Waals surface area contributed by atoms with E-state index in [0.29, 0.717) is 0 Å². The molecule has 0 heterocycles. The van der Waals surface area contributed by atoms with Crippen molar-refractivity contribution >= 4 is 43.1 Å². The molecule has 0 aromatic heterocycles. The molecule has 0 saturated carbocycles. The molecule has 0 spiro atoms. The third-order valence-electron chi connectivity index (χ3n) is 9.82. The number of hydrogen-bond acceptors (Lipinski definition) is 0. The molecule has 1 aliphatic rings. The second-order valence-corrected chi connectivity index (χ2v) is 12.5. The van der Waals surface area contributed by atoms with E-state index in [0.717, 1.165) is 0 Å². The third kappa shape index (κ3) is 3.50. The lowest BCUT2D eigenvalue weighted by molar-refractivity contribution is 0.661. The van der Waals surface area contributed by atoms with Gasteiger partial charge < -0.3 is 0 Å². The maximum atomic E-state index is 2.48. The smallest absolute Gasteiger partial charge is 0.0159 e. The van der Waals surface area contributed by atoms with Crippen LogP contribution in [0.3, 0.4) is 0 Å². The van der Waals surface area contributed by atoms with E-state index in [4.69, 9.17) is 0 Å². The number of benzene rings is 8. The van der Waals surface area contributed by atoms with E-state index in [1.807, 2.05) is 0 Å². The van der Waals surface area contributed by atoms with Crippen molar-refractivity contribution in [2.75, 3.05) is 0 Å². The first-order valence-corrected chi connectivity index (χ1v) is 15.2. The summed E-state index contributed by atoms with van der Waals surface area (Å²) < 4.78 is 0. The number of hydrogen-bond donors (Lipinski definition) is 0. The lowest BCUT2D eigenvalue weighted by Crippen LogP contribution is -2.15. The van der Waals surface area contributed by atoms with Crippen molar-refractivity contribution in [1.29, 1.82) is 0 Å². The third-order valence-corrected chi connectivity index (χ3v) is 9.82. The molecule has 0 fully saturated rings. The highest BCUT2D eigenvalue weighted by Gasteiger charge is 2.36. The van der Waals surface area contributed by atoms with Crippen molar-refractivity contribution in [3.05, 3.63) is 157 Å². The molecule has 0 amide bonds. The van der Waals surface area contributed by atoms with Gasteiger partial charge in [-0.15, -0.1) is 0 Å². The van der Waals surface area contributed by atoms with Gasteiger partial charge in [0.1, 0.15) is 0 Å². The Kier molecular flexibility index (Phi) is 5.05. The largest absolute Gasteiger partial charge is 0.0622 e. The summed E-state index contributed by atoms with van der Waals surface area (Å²) in [6.45, 7) is 4.78. The van der Waals surface area contributed by atoms with Gasteiger partial charge >= 0.3 is 0 Å². The van der Waals surface area contributed by atoms with Gasteiger partial charge in [0.15, 0.2) is 0 Å². The van der Waals surface area contributed by atoms with Crippen molar-refractivity contribution < 1.29 is 0 Å². The lowest BCUT2D eigenvalue weighted by Gasteiger charge is -2.23. The molecule has 9 rings (SSSR count). The minimum absolute atomic E-state index is 0.106. The Labute approximate surface area is 251 Å². The Morgan fingerprint density at radius 2 is 1.05 bits per heavy atom. The zero-order chi connectivity index (χ0) is 28.7. The second-order valence-electron chi connectivity index (χ2n) is 12.5. The van der Waals surface area contributed by atoms with Crippen LogP contribution in [-0.2, 0) is 5.41 Å². The SMILES string of the molecule is CC1(C)c2cc(-c3c4ccccc4cc4c3ccc3ccccc34)ccc2-c2cc3c(-c4ccccc4)cccc3cc21. The average molecular weight is 547 g/mol. The van der Waals surface area contributed by atoms with Crippen LogP contribution < -0.4 is 0 Å². The zero-order valence-corrected chi connectivity index (χ0v) is 24.4. The van der Waals surface area contributed by atoms with Crippen LogP contribution in [0.25, 0.3) is 76.5 Å². The van der Waals surface area contributed by atoms with E-state index in [1.54, 1.807) is 0 Å². The van der Waals surface area contributed by atoms with Crippen LogP contribution in [-0.4, -0.2) is 0 Å². The maximum Gasteiger partial charge on any atom is 0.0159 e. The van der Waals surface area contributed by atoms with Gasteiger partial charge in [-0.05, 0) is 112 Å². The Morgan fingerprint density at radius 1 is 0.349 bits per heavy atom. The molecule has 43 heavy (non-hydrogen) atoms. The van der Waals surface area contributed by atoms with E-state index in [2.05, 4.69) is 159 Å². The second kappa shape index (κ2) is 8.90. The van der Waals surface area contributed by atoms with Crippen molar-refractivity contribution in [2.45, 2.75) is 19.3 Å². The minimum Gasteiger partial charge on any atom is -0.0622 e. The van der Waals surface area contributed by atoms with Crippen LogP contribution in [0.5, 0.6) is 0 Å². The van der Waals surface area contributed by atoms with Crippen LogP contribution in [0.4, 0.5) is 0 Å². The highest BCUT2D eigenvalue weighted by Crippen LogP contribution is 2.52. The monoisotopic (exact) mass is 546 g/mol. The molecule has 8 aromatic rings. The minimum atomic E-state index is -0.106. The first-order valence-electron chi connectivity index (χ1n) is 15.2. The van der Waals surface area contributed by atoms with E-state index in [9.17, 15) is 0 Å². The zero-order valence-electron chi connectivity index (χ0n) is 24.4. The Bertz CT molecular complexity index is 2410. The van der Waals surface area contributed by atoms with Crippen molar-refractivity contribution in [2.24, 2.45) is 0 Å². The van der Waals surface area contributed by atoms with Gasteiger partial charge in [-0.2, -0.15) is 0 Å². The van der Waals surface area contributed by atoms with Gasteiger partial charge in [0, 0.05) is 5.41 Å². The molecular formula is C43H30. The molecule has 0 N–H and O–H groups in total. The summed E-state index contributed by atoms with van der Waals surface area (Å²) in [5.41, 5.74) is 10.6. The van der Waals surface area contributed by atoms with E-state index in [1.165, 1.54) is 87.6 Å². The first kappa shape index (κ1) is 24.4. The number of fused-ring (bicyclic) bond motifs is 8. The van der Waals surface area contributed by atoms with Gasteiger partial charge in [0.05, 0.1) is 0 Å². The predicted molar refractivity (Wildman–Crippen MR) is 185 cm³/mol. The van der Waals surface area contributed by atoms with Crippen LogP contribution in [0, 0.1) is 0 Å². The van der Waals surface area contributed by atoms with E-state index >= 15 is 0 Å². The van der Waals surface area contributed by atoms with Crippen LogP contribution in [0.1, 0.15) is 25.0 Å². The molecule has 0 bridgehead atoms. The molecule has 0 heteroatoms. The first-order chi connectivity index (χ1) is 21.1. The summed E-state index contributed by atoms with van der Waals surface area (Å²) in [4.78, 5) is 0. The van der Waals surface area contributed by atoms with E-state index < -0.39 is 0 Å². The summed E-state index contributed by atoms with van der Waals surface area (Å²) in [5.74, 6) is 0. The topological polar surface area (TPSA) is 0 Å². The molecule has 0 aliphatic heterocycles. The molecule has 0 radical (unpaired) electrons. The van der Waals surface area contributed by atoms with Crippen LogP contribution in [0.2, 0.25) is 0 Å². The molecule has 1 aliphatic carbocycles. The highest BCUT2D eigenvalue weighted by molar-refractivity contribution is 6.20. The van der Waals surface area contributed by atoms with Crippen molar-refractivity contribution in [1.82, 2.24) is 0 Å².